The molecule has 1 aromatic heterocycles. The summed E-state index contributed by atoms with van der Waals surface area (Å²) < 4.78 is 5.65. The molecule has 2 rings (SSSR count). The molecule has 0 bridgehead atoms. The van der Waals surface area contributed by atoms with Gasteiger partial charge in [-0.15, -0.1) is 0 Å². The maximum atomic E-state index is 12.7. The molecule has 5 N–H and O–H groups in total. The Morgan fingerprint density at radius 1 is 1.09 bits per heavy atom. The summed E-state index contributed by atoms with van der Waals surface area (Å²) in [5.74, 6) is -0.239. The van der Waals surface area contributed by atoms with E-state index in [-0.39, 0.29) is 16.2 Å². The van der Waals surface area contributed by atoms with Crippen LogP contribution in [0.2, 0.25) is 4.71 Å². The molecular weight excluding hydrogens is 501 g/mol. The second kappa shape index (κ2) is 11.7. The van der Waals surface area contributed by atoms with E-state index in [0.29, 0.717) is 17.3 Å². The van der Waals surface area contributed by atoms with Crippen LogP contribution < -0.4 is 16.8 Å². The van der Waals surface area contributed by atoms with Crippen molar-refractivity contribution in [3.05, 3.63) is 51.9 Å². The topological polar surface area (TPSA) is 125 Å². The summed E-state index contributed by atoms with van der Waals surface area (Å²) in [4.78, 5) is 36.4. The first-order valence-electron chi connectivity index (χ1n) is 10.9. The van der Waals surface area contributed by atoms with Crippen molar-refractivity contribution in [2.75, 3.05) is 5.32 Å². The van der Waals surface area contributed by atoms with Gasteiger partial charge in [0.1, 0.15) is 0 Å². The first-order chi connectivity index (χ1) is 15.3. The van der Waals surface area contributed by atoms with Crippen molar-refractivity contribution in [1.82, 2.24) is 0 Å². The predicted molar refractivity (Wildman–Crippen MR) is 135 cm³/mol. The van der Waals surface area contributed by atoms with Crippen molar-refractivity contribution in [2.24, 2.45) is 17.4 Å². The van der Waals surface area contributed by atoms with Gasteiger partial charge in [0.25, 0.3) is 0 Å². The summed E-state index contributed by atoms with van der Waals surface area (Å²) in [5.41, 5.74) is 12.7. The zero-order valence-electron chi connectivity index (χ0n) is 19.9. The van der Waals surface area contributed by atoms with Gasteiger partial charge in [-0.2, -0.15) is 0 Å². The molecule has 0 aliphatic rings. The van der Waals surface area contributed by atoms with Gasteiger partial charge >= 0.3 is 207 Å². The fraction of sp³-hybridized carbons (Fsp3) is 0.458. The SMILES string of the molecule is CC(C)CC([AsH]Cc1ccc(Cc2cc(C(N)=O)c(NC(N)=O)s2)cc1)C(=O)OC(C)(C)C. The van der Waals surface area contributed by atoms with Gasteiger partial charge in [-0.3, -0.25) is 0 Å². The van der Waals surface area contributed by atoms with Crippen molar-refractivity contribution in [3.8, 4) is 0 Å². The van der Waals surface area contributed by atoms with Gasteiger partial charge in [0, 0.05) is 0 Å². The molecule has 0 aliphatic heterocycles. The molecule has 1 heterocycles. The number of benzene rings is 1. The van der Waals surface area contributed by atoms with E-state index in [2.05, 4.69) is 43.4 Å². The summed E-state index contributed by atoms with van der Waals surface area (Å²) >= 11 is 0.729. The van der Waals surface area contributed by atoms with E-state index in [9.17, 15) is 14.4 Å². The van der Waals surface area contributed by atoms with Crippen LogP contribution in [0.4, 0.5) is 9.80 Å². The van der Waals surface area contributed by atoms with Crippen molar-refractivity contribution < 1.29 is 19.1 Å². The zero-order valence-corrected chi connectivity index (χ0v) is 22.8. The van der Waals surface area contributed by atoms with Crippen molar-refractivity contribution in [1.29, 1.82) is 0 Å². The van der Waals surface area contributed by atoms with Crippen LogP contribution in [0.1, 0.15) is 67.4 Å². The minimum absolute atomic E-state index is 0.00147. The molecule has 0 radical (unpaired) electrons. The average molecular weight is 536 g/mol. The van der Waals surface area contributed by atoms with Gasteiger partial charge < -0.3 is 0 Å². The number of carbonyl (C=O) groups is 3. The van der Waals surface area contributed by atoms with Crippen LogP contribution in [-0.2, 0) is 21.2 Å². The number of nitrogens with one attached hydrogen (secondary N) is 1. The van der Waals surface area contributed by atoms with E-state index in [4.69, 9.17) is 16.2 Å². The Labute approximate surface area is 206 Å². The summed E-state index contributed by atoms with van der Waals surface area (Å²) in [7, 11) is 0. The standard InChI is InChI=1S/C24H34AsN3O4S/c1-14(2)10-19(22(30)32-24(3,4)5)25-13-16-8-6-15(7-9-16)11-17-12-18(20(26)29)21(33-17)28-23(27)31/h6-9,12,14,19,25H,10-11,13H2,1-5H3,(H2,26,29)(H3,27,28,31). The van der Waals surface area contributed by atoms with Gasteiger partial charge in [0.2, 0.25) is 0 Å². The number of rotatable bonds is 10. The molecule has 2 unspecified atom stereocenters. The molecule has 2 atom stereocenters. The summed E-state index contributed by atoms with van der Waals surface area (Å²) in [5, 5.41) is 3.73. The van der Waals surface area contributed by atoms with Crippen LogP contribution in [0.3, 0.4) is 0 Å². The van der Waals surface area contributed by atoms with Gasteiger partial charge in [0.15, 0.2) is 0 Å². The molecule has 3 amide bonds. The third kappa shape index (κ3) is 9.22. The Kier molecular flexibility index (Phi) is 9.55. The number of nitrogens with two attached hydrogens (primary N) is 2. The molecule has 9 heteroatoms. The molecule has 0 saturated heterocycles. The van der Waals surface area contributed by atoms with E-state index in [1.807, 2.05) is 20.8 Å². The number of ether oxygens (including phenoxy) is 1. The number of hydrogen-bond donors (Lipinski definition) is 3. The van der Waals surface area contributed by atoms with Gasteiger partial charge in [-0.05, 0) is 0 Å². The first kappa shape index (κ1) is 26.9. The van der Waals surface area contributed by atoms with Crippen LogP contribution in [0.25, 0.3) is 0 Å². The van der Waals surface area contributed by atoms with Gasteiger partial charge in [0.05, 0.1) is 0 Å². The monoisotopic (exact) mass is 535 g/mol. The second-order valence-corrected chi connectivity index (χ2v) is 13.6. The Balaban J connectivity index is 2.04. The third-order valence-electron chi connectivity index (χ3n) is 4.64. The number of amides is 3. The number of thiophene rings is 1. The first-order valence-corrected chi connectivity index (χ1v) is 14.4. The van der Waals surface area contributed by atoms with Crippen LogP contribution in [0.15, 0.2) is 30.3 Å². The zero-order chi connectivity index (χ0) is 24.8. The van der Waals surface area contributed by atoms with E-state index >= 15 is 0 Å². The molecule has 0 spiro atoms. The molecule has 0 aliphatic carbocycles. The predicted octanol–water partition coefficient (Wildman–Crippen LogP) is 4.04. The number of esters is 1. The Morgan fingerprint density at radius 3 is 2.21 bits per heavy atom. The molecule has 180 valence electrons. The van der Waals surface area contributed by atoms with E-state index < -0.39 is 33.3 Å². The summed E-state index contributed by atoms with van der Waals surface area (Å²) in [6.07, 6.45) is 1.46. The third-order valence-corrected chi connectivity index (χ3v) is 9.00. The molecule has 7 nitrogen and oxygen atoms in total. The van der Waals surface area contributed by atoms with Crippen LogP contribution in [-0.4, -0.2) is 39.3 Å². The fourth-order valence-corrected chi connectivity index (χ4v) is 7.66. The number of hydrogen-bond acceptors (Lipinski definition) is 5. The van der Waals surface area contributed by atoms with E-state index in [0.717, 1.165) is 22.1 Å². The average Bonchev–Trinajstić information content (AvgIpc) is 3.06. The van der Waals surface area contributed by atoms with E-state index in [1.165, 1.54) is 16.9 Å². The van der Waals surface area contributed by atoms with Crippen molar-refractivity contribution >= 4 is 50.0 Å². The van der Waals surface area contributed by atoms with Crippen molar-refractivity contribution in [2.45, 2.75) is 63.0 Å². The van der Waals surface area contributed by atoms with E-state index in [1.54, 1.807) is 6.07 Å². The van der Waals surface area contributed by atoms with Gasteiger partial charge in [-0.1, -0.05) is 0 Å². The number of carbonyl (C=O) groups excluding carboxylic acids is 3. The number of primary amides is 2. The van der Waals surface area contributed by atoms with Crippen LogP contribution in [0, 0.1) is 5.92 Å². The van der Waals surface area contributed by atoms with Crippen LogP contribution >= 0.6 is 11.3 Å². The number of anilines is 1. The summed E-state index contributed by atoms with van der Waals surface area (Å²) in [6, 6.07) is 9.24. The van der Waals surface area contributed by atoms with Gasteiger partial charge in [-0.25, -0.2) is 0 Å². The Hall–Kier alpha value is -2.31. The number of urea groups is 1. The maximum absolute atomic E-state index is 12.7. The van der Waals surface area contributed by atoms with Crippen LogP contribution in [0.5, 0.6) is 0 Å². The Morgan fingerprint density at radius 2 is 1.70 bits per heavy atom. The molecule has 0 fully saturated rings. The quantitative estimate of drug-likeness (QED) is 0.314. The Bertz CT molecular complexity index is 981. The van der Waals surface area contributed by atoms with Crippen molar-refractivity contribution in [3.63, 3.8) is 0 Å². The second-order valence-electron chi connectivity index (χ2n) is 9.40. The molecule has 1 aromatic carbocycles. The molecule has 0 saturated carbocycles. The minimum atomic E-state index is -0.735. The molecule has 2 aromatic rings. The summed E-state index contributed by atoms with van der Waals surface area (Å²) in [6.45, 7) is 9.99. The molecular formula is C24H34AsN3O4S. The fourth-order valence-electron chi connectivity index (χ4n) is 3.24. The normalized spacial score (nSPS) is 12.8. The molecule has 33 heavy (non-hydrogen) atoms.